The highest BCUT2D eigenvalue weighted by Gasteiger charge is 2.48. The third-order valence-electron chi connectivity index (χ3n) is 16.3. The van der Waals surface area contributed by atoms with E-state index in [4.69, 9.17) is 61.7 Å². The number of rotatable bonds is 52. The van der Waals surface area contributed by atoms with Crippen LogP contribution in [0.4, 0.5) is 0 Å². The third kappa shape index (κ3) is 35.4. The Morgan fingerprint density at radius 1 is 0.471 bits per heavy atom. The average molecular weight is 1530 g/mol. The zero-order valence-corrected chi connectivity index (χ0v) is 59.8. The van der Waals surface area contributed by atoms with Crippen LogP contribution in [-0.2, 0) is 104 Å². The van der Waals surface area contributed by atoms with Crippen molar-refractivity contribution >= 4 is 55.1 Å². The van der Waals surface area contributed by atoms with Crippen molar-refractivity contribution in [1.82, 2.24) is 46.6 Å². The summed E-state index contributed by atoms with van der Waals surface area (Å²) >= 11 is 0. The van der Waals surface area contributed by atoms with Crippen LogP contribution >= 0.6 is 7.82 Å². The van der Waals surface area contributed by atoms with Crippen LogP contribution in [-0.4, -0.2) is 395 Å². The maximum Gasteiger partial charge on any atom is 0.265 e. The molecular weight excluding hydrogens is 1420 g/mol. The van der Waals surface area contributed by atoms with Gasteiger partial charge in [0.2, 0.25) is 47.3 Å². The third-order valence-corrected chi connectivity index (χ3v) is 16.9. The van der Waals surface area contributed by atoms with Crippen LogP contribution in [0.1, 0.15) is 59.3 Å². The van der Waals surface area contributed by atoms with Gasteiger partial charge in [0, 0.05) is 79.4 Å². The smallest absolute Gasteiger partial charge is 0.265 e. The summed E-state index contributed by atoms with van der Waals surface area (Å²) in [4.78, 5) is 127. The molecular formula is C61H109N9O33P-. The normalized spacial score (nSPS) is 26.5. The maximum atomic E-state index is 13.9. The molecule has 4 fully saturated rings. The molecule has 16 atom stereocenters. The van der Waals surface area contributed by atoms with Crippen molar-refractivity contribution in [2.75, 3.05) is 184 Å². The van der Waals surface area contributed by atoms with Crippen molar-refractivity contribution in [2.45, 2.75) is 157 Å². The number of piperidine rings is 1. The molecule has 4 saturated heterocycles. The lowest BCUT2D eigenvalue weighted by Crippen LogP contribution is -2.64. The minimum absolute atomic E-state index is 0.0112. The zero-order valence-electron chi connectivity index (χ0n) is 58.9. The SMILES string of the molecule is CC(=O)NC1C(OCCOCCOCCNC(=O)CN(CCCN(CC(=O)NCCOCCOCCOC2OC(CO)C(O)C(O)C2NC(C)=O)C(=O)CCCC(=O)N2CCC(OP(=O)([O-])O)CC2)CC(=O)NCCOCCOCCOC2OC(CO)C(O)C(O)C2NC(C)=O)OC(CO)C(O)C1O. The zero-order chi connectivity index (χ0) is 76.6. The van der Waals surface area contributed by atoms with Gasteiger partial charge in [-0.05, 0) is 25.7 Å². The van der Waals surface area contributed by atoms with Gasteiger partial charge in [-0.15, -0.1) is 0 Å². The quantitative estimate of drug-likeness (QED) is 0.0199. The molecule has 104 heavy (non-hydrogen) atoms. The molecule has 0 aromatic heterocycles. The monoisotopic (exact) mass is 1530 g/mol. The Bertz CT molecular complexity index is 2490. The van der Waals surface area contributed by atoms with Gasteiger partial charge in [0.1, 0.15) is 73.1 Å². The summed E-state index contributed by atoms with van der Waals surface area (Å²) in [5.41, 5.74) is 0. The van der Waals surface area contributed by atoms with E-state index in [0.29, 0.717) is 0 Å². The molecule has 8 amide bonds. The molecule has 602 valence electrons. The van der Waals surface area contributed by atoms with E-state index >= 15 is 0 Å². The molecule has 42 nitrogen and oxygen atoms in total. The van der Waals surface area contributed by atoms with E-state index in [9.17, 15) is 93.8 Å². The number of nitrogens with zero attached hydrogens (tertiary/aromatic N) is 3. The number of aliphatic hydroxyl groups is 9. The topological polar surface area (TPSA) is 581 Å². The number of phosphoric acid groups is 1. The standard InChI is InChI=1S/C61H110N9O33P/c1-38(74)65-50-56(85)53(82)42(35-71)100-59(50)97-29-26-94-23-20-91-17-10-62-45(77)32-68(33-46(78)63-11-18-92-21-24-95-27-30-98-60-51(66-39(2)75)57(86)54(83)43(36-72)101-60)13-5-14-70(49(81)7-4-6-48(80)69-15-8-41(9-16-69)103-104(88,89)90)34-47(79)64-12-19-93-22-25-96-28-31-99-61-52(67-40(3)76)58(87)55(84)44(37-73)102-61/h41-44,50-61,71-73,82-87H,4-37H2,1-3H3,(H,62,77)(H,63,78)(H,64,79)(H,65,74)(H,66,75)(H,67,76)(H2,88,89,90)/p-1. The Balaban J connectivity index is 1.29. The van der Waals surface area contributed by atoms with Gasteiger partial charge in [-0.25, -0.2) is 0 Å². The van der Waals surface area contributed by atoms with Crippen LogP contribution in [0, 0.1) is 0 Å². The van der Waals surface area contributed by atoms with E-state index in [1.807, 2.05) is 0 Å². The van der Waals surface area contributed by atoms with Crippen molar-refractivity contribution < 1.29 is 160 Å². The van der Waals surface area contributed by atoms with Gasteiger partial charge in [0.25, 0.3) is 7.82 Å². The highest BCUT2D eigenvalue weighted by molar-refractivity contribution is 7.44. The fourth-order valence-corrected chi connectivity index (χ4v) is 11.7. The molecule has 4 heterocycles. The van der Waals surface area contributed by atoms with Crippen molar-refractivity contribution in [3.05, 3.63) is 0 Å². The molecule has 16 unspecified atom stereocenters. The molecule has 4 rings (SSSR count). The number of carbonyl (C=O) groups excluding carboxylic acids is 8. The molecule has 0 aromatic carbocycles. The van der Waals surface area contributed by atoms with E-state index < -0.39 is 174 Å². The predicted octanol–water partition coefficient (Wildman–Crippen LogP) is -10.5. The fraction of sp³-hybridized carbons (Fsp3) is 0.869. The molecule has 43 heteroatoms. The number of phosphoric ester groups is 1. The first-order valence-electron chi connectivity index (χ1n) is 34.5. The van der Waals surface area contributed by atoms with Crippen LogP contribution in [0.25, 0.3) is 0 Å². The second-order valence-electron chi connectivity index (χ2n) is 24.5. The second kappa shape index (κ2) is 50.6. The van der Waals surface area contributed by atoms with E-state index in [0.717, 1.165) is 0 Å². The largest absolute Gasteiger partial charge is 0.756 e. The van der Waals surface area contributed by atoms with E-state index in [1.165, 1.54) is 35.5 Å². The molecule has 16 N–H and O–H groups in total. The summed E-state index contributed by atoms with van der Waals surface area (Å²) < 4.78 is 82.8. The van der Waals surface area contributed by atoms with Crippen LogP contribution in [0.3, 0.4) is 0 Å². The lowest BCUT2D eigenvalue weighted by atomic mass is 9.97. The van der Waals surface area contributed by atoms with Crippen molar-refractivity contribution in [3.63, 3.8) is 0 Å². The minimum atomic E-state index is -4.98. The predicted molar refractivity (Wildman–Crippen MR) is 350 cm³/mol. The van der Waals surface area contributed by atoms with E-state index in [-0.39, 0.29) is 202 Å². The number of likely N-dealkylation sites (tertiary alicyclic amines) is 1. The average Bonchev–Trinajstić information content (AvgIpc) is 0.823. The van der Waals surface area contributed by atoms with Gasteiger partial charge >= 0.3 is 0 Å². The first-order valence-corrected chi connectivity index (χ1v) is 36.0. The summed E-state index contributed by atoms with van der Waals surface area (Å²) in [6.07, 6.45) is -16.6. The molecule has 0 bridgehead atoms. The maximum absolute atomic E-state index is 13.9. The van der Waals surface area contributed by atoms with Gasteiger partial charge in [-0.2, -0.15) is 0 Å². The molecule has 0 spiro atoms. The summed E-state index contributed by atoms with van der Waals surface area (Å²) in [6.45, 7) is 1.57. The van der Waals surface area contributed by atoms with Crippen molar-refractivity contribution in [2.24, 2.45) is 0 Å². The van der Waals surface area contributed by atoms with Gasteiger partial charge in [0.05, 0.1) is 145 Å². The summed E-state index contributed by atoms with van der Waals surface area (Å²) in [5, 5.41) is 106. The summed E-state index contributed by atoms with van der Waals surface area (Å²) in [7, 11) is -4.98. The molecule has 0 radical (unpaired) electrons. The van der Waals surface area contributed by atoms with Crippen LogP contribution in [0.2, 0.25) is 0 Å². The Morgan fingerprint density at radius 3 is 1.14 bits per heavy atom. The number of amides is 8. The number of hydrogen-bond acceptors (Lipinski definition) is 33. The van der Waals surface area contributed by atoms with Crippen LogP contribution < -0.4 is 36.8 Å². The second-order valence-corrected chi connectivity index (χ2v) is 25.7. The Morgan fingerprint density at radius 2 is 0.808 bits per heavy atom. The number of ether oxygens (including phenoxy) is 12. The van der Waals surface area contributed by atoms with Gasteiger partial charge < -0.3 is 159 Å². The molecule has 4 aliphatic heterocycles. The number of carbonyl (C=O) groups is 8. The molecule has 4 aliphatic rings. The van der Waals surface area contributed by atoms with Crippen molar-refractivity contribution in [3.8, 4) is 0 Å². The lowest BCUT2D eigenvalue weighted by Gasteiger charge is -2.42. The van der Waals surface area contributed by atoms with Crippen molar-refractivity contribution in [1.29, 1.82) is 0 Å². The Kier molecular flexibility index (Phi) is 44.4. The summed E-state index contributed by atoms with van der Waals surface area (Å²) in [5.74, 6) is -3.93. The fourth-order valence-electron chi connectivity index (χ4n) is 11.1. The van der Waals surface area contributed by atoms with E-state index in [1.54, 1.807) is 0 Å². The highest BCUT2D eigenvalue weighted by Crippen LogP contribution is 2.35. The molecule has 0 saturated carbocycles. The van der Waals surface area contributed by atoms with Gasteiger partial charge in [-0.3, -0.25) is 47.8 Å². The first-order chi connectivity index (χ1) is 49.7. The summed E-state index contributed by atoms with van der Waals surface area (Å²) in [6, 6.07) is -3.39. The van der Waals surface area contributed by atoms with Crippen LogP contribution in [0.5, 0.6) is 0 Å². The van der Waals surface area contributed by atoms with E-state index in [2.05, 4.69) is 36.4 Å². The Hall–Kier alpha value is -5.01. The number of aliphatic hydroxyl groups excluding tert-OH is 9. The molecule has 0 aliphatic carbocycles. The highest BCUT2D eigenvalue weighted by atomic mass is 31.2. The lowest BCUT2D eigenvalue weighted by molar-refractivity contribution is -0.272. The van der Waals surface area contributed by atoms with Gasteiger partial charge in [-0.1, -0.05) is 0 Å². The minimum Gasteiger partial charge on any atom is -0.756 e. The first kappa shape index (κ1) is 91.4. The number of hydrogen-bond donors (Lipinski definition) is 16. The number of nitrogens with one attached hydrogen (secondary N) is 6. The Labute approximate surface area is 601 Å². The van der Waals surface area contributed by atoms with Crippen LogP contribution in [0.15, 0.2) is 0 Å². The molecule has 0 aromatic rings. The van der Waals surface area contributed by atoms with Gasteiger partial charge in [0.15, 0.2) is 18.9 Å².